The van der Waals surface area contributed by atoms with Crippen LogP contribution in [0, 0.1) is 0 Å². The van der Waals surface area contributed by atoms with Crippen LogP contribution in [-0.2, 0) is 9.53 Å². The van der Waals surface area contributed by atoms with Gasteiger partial charge in [-0.1, -0.05) is 19.3 Å². The number of rotatable bonds is 6. The molecule has 6 heteroatoms. The van der Waals surface area contributed by atoms with Crippen molar-refractivity contribution in [1.29, 1.82) is 0 Å². The first-order valence-electron chi connectivity index (χ1n) is 9.42. The van der Waals surface area contributed by atoms with Gasteiger partial charge in [0, 0.05) is 31.2 Å². The van der Waals surface area contributed by atoms with Crippen molar-refractivity contribution in [3.8, 4) is 0 Å². The van der Waals surface area contributed by atoms with E-state index in [0.717, 1.165) is 24.8 Å². The Morgan fingerprint density at radius 2 is 2.12 bits per heavy atom. The summed E-state index contributed by atoms with van der Waals surface area (Å²) in [4.78, 5) is 22.7. The summed E-state index contributed by atoms with van der Waals surface area (Å²) < 4.78 is 4.85. The highest BCUT2D eigenvalue weighted by atomic mass is 16.5. The summed E-state index contributed by atoms with van der Waals surface area (Å²) in [6, 6.07) is 1.22. The van der Waals surface area contributed by atoms with Gasteiger partial charge in [-0.3, -0.25) is 9.88 Å². The lowest BCUT2D eigenvalue weighted by Gasteiger charge is -2.31. The van der Waals surface area contributed by atoms with Gasteiger partial charge in [-0.05, 0) is 32.3 Å². The molecule has 1 aliphatic carbocycles. The molecule has 1 saturated heterocycles. The number of carbonyl (C=O) groups is 1. The van der Waals surface area contributed by atoms with E-state index in [1.165, 1.54) is 44.7 Å². The summed E-state index contributed by atoms with van der Waals surface area (Å²) in [6.45, 7) is 4.42. The molecule has 1 saturated carbocycles. The minimum atomic E-state index is -0.361. The van der Waals surface area contributed by atoms with Gasteiger partial charge in [0.25, 0.3) is 0 Å². The number of carbonyl (C=O) groups excluding carboxylic acids is 1. The third kappa shape index (κ3) is 5.26. The first-order valence-corrected chi connectivity index (χ1v) is 9.42. The topological polar surface area (TPSA) is 67.3 Å². The number of nitrogens with one attached hydrogen (secondary N) is 1. The van der Waals surface area contributed by atoms with Crippen LogP contribution >= 0.6 is 0 Å². The van der Waals surface area contributed by atoms with E-state index < -0.39 is 0 Å². The second kappa shape index (κ2) is 8.94. The Kier molecular flexibility index (Phi) is 6.39. The second-order valence-electron chi connectivity index (χ2n) is 6.83. The highest BCUT2D eigenvalue weighted by Gasteiger charge is 2.29. The average Bonchev–Trinajstić information content (AvgIpc) is 3.11. The lowest BCUT2D eigenvalue weighted by Crippen LogP contribution is -2.36. The predicted molar refractivity (Wildman–Crippen MR) is 98.2 cm³/mol. The Hall–Kier alpha value is -1.95. The van der Waals surface area contributed by atoms with E-state index >= 15 is 0 Å². The number of hydrogen-bond donors (Lipinski definition) is 1. The maximum atomic E-state index is 11.3. The minimum Gasteiger partial charge on any atom is -0.463 e. The van der Waals surface area contributed by atoms with Crippen LogP contribution in [0.2, 0.25) is 0 Å². The van der Waals surface area contributed by atoms with Crippen LogP contribution in [0.3, 0.4) is 0 Å². The standard InChI is InChI=1S/C19H28N4O2/c1-2-25-19(24)9-8-15-12-21-18(13-20-15)22-16-10-11-23(14-16)17-6-4-3-5-7-17/h8-9,12-13,16-17H,2-7,10-11,14H2,1H3,(H,21,22)/b9-8+/t16-/m1/s1. The van der Waals surface area contributed by atoms with Crippen molar-refractivity contribution in [3.05, 3.63) is 24.2 Å². The number of likely N-dealkylation sites (tertiary alicyclic amines) is 1. The smallest absolute Gasteiger partial charge is 0.330 e. The van der Waals surface area contributed by atoms with Crippen LogP contribution in [0.4, 0.5) is 5.82 Å². The van der Waals surface area contributed by atoms with Gasteiger partial charge in [-0.2, -0.15) is 0 Å². The molecular formula is C19H28N4O2. The van der Waals surface area contributed by atoms with E-state index in [1.807, 2.05) is 0 Å². The molecule has 2 heterocycles. The van der Waals surface area contributed by atoms with Gasteiger partial charge in [0.15, 0.2) is 0 Å². The number of anilines is 1. The van der Waals surface area contributed by atoms with Crippen LogP contribution in [0.15, 0.2) is 18.5 Å². The summed E-state index contributed by atoms with van der Waals surface area (Å²) in [5.74, 6) is 0.434. The van der Waals surface area contributed by atoms with Gasteiger partial charge in [-0.25, -0.2) is 9.78 Å². The van der Waals surface area contributed by atoms with Crippen LogP contribution in [-0.4, -0.2) is 52.6 Å². The van der Waals surface area contributed by atoms with E-state index in [-0.39, 0.29) is 5.97 Å². The predicted octanol–water partition coefficient (Wildman–Crippen LogP) is 2.87. The van der Waals surface area contributed by atoms with Crippen molar-refractivity contribution < 1.29 is 9.53 Å². The molecule has 0 spiro atoms. The van der Waals surface area contributed by atoms with Gasteiger partial charge in [0.05, 0.1) is 24.7 Å². The molecule has 3 rings (SSSR count). The average molecular weight is 344 g/mol. The number of aromatic nitrogens is 2. The summed E-state index contributed by atoms with van der Waals surface area (Å²) in [6.07, 6.45) is 14.4. The SMILES string of the molecule is CCOC(=O)/C=C/c1cnc(N[C@@H]2CCN(C3CCCCC3)C2)cn1. The van der Waals surface area contributed by atoms with Crippen LogP contribution in [0.5, 0.6) is 0 Å². The number of hydrogen-bond acceptors (Lipinski definition) is 6. The van der Waals surface area contributed by atoms with Gasteiger partial charge < -0.3 is 10.1 Å². The molecule has 1 N–H and O–H groups in total. The van der Waals surface area contributed by atoms with Crippen molar-refractivity contribution in [2.75, 3.05) is 25.0 Å². The Morgan fingerprint density at radius 3 is 2.84 bits per heavy atom. The Bertz CT molecular complexity index is 582. The Morgan fingerprint density at radius 1 is 1.28 bits per heavy atom. The minimum absolute atomic E-state index is 0.361. The third-order valence-corrected chi connectivity index (χ3v) is 5.01. The van der Waals surface area contributed by atoms with Gasteiger partial charge in [0.2, 0.25) is 0 Å². The highest BCUT2D eigenvalue weighted by Crippen LogP contribution is 2.26. The molecule has 1 aromatic rings. The van der Waals surface area contributed by atoms with Gasteiger partial charge in [0.1, 0.15) is 5.82 Å². The monoisotopic (exact) mass is 344 g/mol. The first kappa shape index (κ1) is 17.9. The lowest BCUT2D eigenvalue weighted by atomic mass is 9.94. The van der Waals surface area contributed by atoms with Crippen molar-refractivity contribution in [2.45, 2.75) is 57.5 Å². The number of nitrogens with zero attached hydrogens (tertiary/aromatic N) is 3. The lowest BCUT2D eigenvalue weighted by molar-refractivity contribution is -0.137. The molecule has 1 atom stereocenters. The summed E-state index contributed by atoms with van der Waals surface area (Å²) in [5, 5.41) is 3.49. The zero-order valence-electron chi connectivity index (χ0n) is 15.0. The fraction of sp³-hybridized carbons (Fsp3) is 0.632. The molecule has 0 bridgehead atoms. The first-order chi connectivity index (χ1) is 12.2. The van der Waals surface area contributed by atoms with Crippen molar-refractivity contribution >= 4 is 17.9 Å². The van der Waals surface area contributed by atoms with Crippen molar-refractivity contribution in [1.82, 2.24) is 14.9 Å². The van der Waals surface area contributed by atoms with Crippen LogP contribution in [0.25, 0.3) is 6.08 Å². The fourth-order valence-electron chi connectivity index (χ4n) is 3.73. The van der Waals surface area contributed by atoms with Crippen LogP contribution < -0.4 is 5.32 Å². The zero-order valence-corrected chi connectivity index (χ0v) is 15.0. The van der Waals surface area contributed by atoms with E-state index in [4.69, 9.17) is 4.74 Å². The summed E-state index contributed by atoms with van der Waals surface area (Å²) in [5.41, 5.74) is 0.647. The molecule has 0 radical (unpaired) electrons. The fourth-order valence-corrected chi connectivity index (χ4v) is 3.73. The van der Waals surface area contributed by atoms with Gasteiger partial charge >= 0.3 is 5.97 Å². The molecule has 0 amide bonds. The van der Waals surface area contributed by atoms with E-state index in [9.17, 15) is 4.79 Å². The second-order valence-corrected chi connectivity index (χ2v) is 6.83. The molecular weight excluding hydrogens is 316 g/mol. The summed E-state index contributed by atoms with van der Waals surface area (Å²) >= 11 is 0. The van der Waals surface area contributed by atoms with Crippen LogP contribution in [0.1, 0.15) is 51.1 Å². The molecule has 0 unspecified atom stereocenters. The van der Waals surface area contributed by atoms with E-state index in [0.29, 0.717) is 18.3 Å². The molecule has 6 nitrogen and oxygen atoms in total. The maximum Gasteiger partial charge on any atom is 0.330 e. The molecule has 0 aromatic carbocycles. The highest BCUT2D eigenvalue weighted by molar-refractivity contribution is 5.86. The van der Waals surface area contributed by atoms with Crippen molar-refractivity contribution in [3.63, 3.8) is 0 Å². The molecule has 136 valence electrons. The molecule has 25 heavy (non-hydrogen) atoms. The number of ether oxygens (including phenoxy) is 1. The Balaban J connectivity index is 1.48. The van der Waals surface area contributed by atoms with E-state index in [1.54, 1.807) is 25.4 Å². The molecule has 1 aromatic heterocycles. The number of esters is 1. The maximum absolute atomic E-state index is 11.3. The summed E-state index contributed by atoms with van der Waals surface area (Å²) in [7, 11) is 0. The quantitative estimate of drug-likeness (QED) is 0.632. The zero-order chi connectivity index (χ0) is 17.5. The van der Waals surface area contributed by atoms with E-state index in [2.05, 4.69) is 20.2 Å². The normalized spacial score (nSPS) is 22.4. The largest absolute Gasteiger partial charge is 0.463 e. The Labute approximate surface area is 149 Å². The van der Waals surface area contributed by atoms with Gasteiger partial charge in [-0.15, -0.1) is 0 Å². The molecule has 2 fully saturated rings. The molecule has 2 aliphatic rings. The third-order valence-electron chi connectivity index (χ3n) is 5.01. The van der Waals surface area contributed by atoms with Crippen molar-refractivity contribution in [2.24, 2.45) is 0 Å². The molecule has 1 aliphatic heterocycles.